The minimum Gasteiger partial charge on any atom is -0.497 e. The number of hydrogen-bond acceptors (Lipinski definition) is 5. The van der Waals surface area contributed by atoms with Crippen molar-refractivity contribution in [1.29, 1.82) is 0 Å². The van der Waals surface area contributed by atoms with Crippen LogP contribution in [0.5, 0.6) is 11.5 Å². The van der Waals surface area contributed by atoms with Crippen LogP contribution in [0, 0.1) is 17.8 Å². The van der Waals surface area contributed by atoms with Crippen LogP contribution in [0.15, 0.2) is 42.5 Å². The highest BCUT2D eigenvalue weighted by molar-refractivity contribution is 5.94. The molecule has 4 aliphatic rings. The fraction of sp³-hybridized carbons (Fsp3) is 0.500. The van der Waals surface area contributed by atoms with Gasteiger partial charge in [-0.1, -0.05) is 12.1 Å². The fourth-order valence-corrected chi connectivity index (χ4v) is 6.56. The Morgan fingerprint density at radius 1 is 0.906 bits per heavy atom. The van der Waals surface area contributed by atoms with Gasteiger partial charge in [0, 0.05) is 29.4 Å². The van der Waals surface area contributed by atoms with Crippen LogP contribution in [0.1, 0.15) is 38.5 Å². The first kappa shape index (κ1) is 21.0. The van der Waals surface area contributed by atoms with Crippen LogP contribution in [-0.4, -0.2) is 32.2 Å². The van der Waals surface area contributed by atoms with Gasteiger partial charge in [0.2, 0.25) is 5.91 Å². The van der Waals surface area contributed by atoms with Crippen LogP contribution in [-0.2, 0) is 4.79 Å². The maximum Gasteiger partial charge on any atom is 0.243 e. The van der Waals surface area contributed by atoms with E-state index in [1.807, 2.05) is 12.1 Å². The summed E-state index contributed by atoms with van der Waals surface area (Å²) in [5, 5.41) is 10.2. The largest absolute Gasteiger partial charge is 0.497 e. The normalized spacial score (nSPS) is 27.6. The third-order valence-electron chi connectivity index (χ3n) is 7.44. The summed E-state index contributed by atoms with van der Waals surface area (Å²) in [7, 11) is 3.19. The maximum absolute atomic E-state index is 12.6. The van der Waals surface area contributed by atoms with E-state index in [0.29, 0.717) is 17.2 Å². The molecule has 0 heterocycles. The Kier molecular flexibility index (Phi) is 5.62. The summed E-state index contributed by atoms with van der Waals surface area (Å²) >= 11 is 0. The molecule has 4 bridgehead atoms. The molecular formula is C26H33N3O3. The fourth-order valence-electron chi connectivity index (χ4n) is 6.56. The molecule has 32 heavy (non-hydrogen) atoms. The predicted octanol–water partition coefficient (Wildman–Crippen LogP) is 5.14. The third-order valence-corrected chi connectivity index (χ3v) is 7.44. The van der Waals surface area contributed by atoms with Crippen molar-refractivity contribution in [2.45, 2.75) is 44.1 Å². The van der Waals surface area contributed by atoms with Crippen molar-refractivity contribution in [3.8, 4) is 11.5 Å². The second-order valence-corrected chi connectivity index (χ2v) is 9.87. The van der Waals surface area contributed by atoms with Gasteiger partial charge in [0.15, 0.2) is 0 Å². The van der Waals surface area contributed by atoms with E-state index in [1.54, 1.807) is 32.4 Å². The summed E-state index contributed by atoms with van der Waals surface area (Å²) in [5.74, 6) is 3.82. The first-order valence-electron chi connectivity index (χ1n) is 11.7. The quantitative estimate of drug-likeness (QED) is 0.536. The van der Waals surface area contributed by atoms with Gasteiger partial charge in [0.1, 0.15) is 11.5 Å². The molecule has 0 aliphatic heterocycles. The number of carbonyl (C=O) groups is 1. The Morgan fingerprint density at radius 2 is 1.47 bits per heavy atom. The molecule has 0 atom stereocenters. The van der Waals surface area contributed by atoms with Crippen molar-refractivity contribution >= 4 is 23.0 Å². The molecule has 0 radical (unpaired) electrons. The van der Waals surface area contributed by atoms with Gasteiger partial charge in [0.05, 0.1) is 32.1 Å². The molecule has 6 rings (SSSR count). The number of ether oxygens (including phenoxy) is 2. The van der Waals surface area contributed by atoms with Crippen LogP contribution in [0.25, 0.3) is 0 Å². The summed E-state index contributed by atoms with van der Waals surface area (Å²) in [6.45, 7) is 0.180. The van der Waals surface area contributed by atoms with Gasteiger partial charge in [-0.3, -0.25) is 4.79 Å². The predicted molar refractivity (Wildman–Crippen MR) is 128 cm³/mol. The highest BCUT2D eigenvalue weighted by atomic mass is 16.5. The van der Waals surface area contributed by atoms with Gasteiger partial charge in [-0.2, -0.15) is 0 Å². The van der Waals surface area contributed by atoms with Crippen molar-refractivity contribution in [3.63, 3.8) is 0 Å². The second kappa shape index (κ2) is 8.57. The van der Waals surface area contributed by atoms with Crippen LogP contribution in [0.3, 0.4) is 0 Å². The Morgan fingerprint density at radius 3 is 2.03 bits per heavy atom. The minimum atomic E-state index is -0.120. The lowest BCUT2D eigenvalue weighted by Gasteiger charge is -2.57. The highest BCUT2D eigenvalue weighted by Gasteiger charge is 2.51. The van der Waals surface area contributed by atoms with Gasteiger partial charge in [-0.15, -0.1) is 0 Å². The number of hydrogen-bond donors (Lipinski definition) is 3. The van der Waals surface area contributed by atoms with Crippen LogP contribution in [0.2, 0.25) is 0 Å². The van der Waals surface area contributed by atoms with Crippen molar-refractivity contribution in [2.75, 3.05) is 36.7 Å². The Labute approximate surface area is 190 Å². The molecule has 0 unspecified atom stereocenters. The van der Waals surface area contributed by atoms with E-state index < -0.39 is 0 Å². The maximum atomic E-state index is 12.6. The summed E-state index contributed by atoms with van der Waals surface area (Å²) < 4.78 is 10.6. The zero-order chi connectivity index (χ0) is 22.1. The first-order valence-corrected chi connectivity index (χ1v) is 11.7. The Hall–Kier alpha value is -2.89. The Balaban J connectivity index is 1.24. The molecule has 170 valence electrons. The van der Waals surface area contributed by atoms with E-state index in [4.69, 9.17) is 9.47 Å². The number of para-hydroxylation sites is 2. The molecule has 2 aromatic carbocycles. The number of carbonyl (C=O) groups excluding carboxylic acids is 1. The number of methoxy groups -OCH3 is 2. The molecule has 2 aromatic rings. The summed E-state index contributed by atoms with van der Waals surface area (Å²) in [6, 6.07) is 13.6. The van der Waals surface area contributed by atoms with Crippen LogP contribution < -0.4 is 25.4 Å². The molecule has 0 saturated heterocycles. The van der Waals surface area contributed by atoms with E-state index in [0.717, 1.165) is 29.1 Å². The lowest BCUT2D eigenvalue weighted by atomic mass is 9.53. The zero-order valence-corrected chi connectivity index (χ0v) is 18.9. The van der Waals surface area contributed by atoms with E-state index in [-0.39, 0.29) is 18.0 Å². The average molecular weight is 436 g/mol. The number of anilines is 3. The SMILES string of the molecule is COc1cc(NC(=O)CNc2ccccc2NC23CC4CC(CC(C4)C2)C3)cc(OC)c1. The van der Waals surface area contributed by atoms with Gasteiger partial charge < -0.3 is 25.4 Å². The topological polar surface area (TPSA) is 71.6 Å². The molecule has 4 saturated carbocycles. The summed E-state index contributed by atoms with van der Waals surface area (Å²) in [4.78, 5) is 12.6. The molecule has 0 spiro atoms. The van der Waals surface area contributed by atoms with Crippen molar-refractivity contribution in [2.24, 2.45) is 17.8 Å². The van der Waals surface area contributed by atoms with E-state index in [1.165, 1.54) is 38.5 Å². The van der Waals surface area contributed by atoms with Gasteiger partial charge in [-0.05, 0) is 68.4 Å². The molecule has 4 fully saturated rings. The summed E-state index contributed by atoms with van der Waals surface area (Å²) in [5.41, 5.74) is 2.95. The molecule has 3 N–H and O–H groups in total. The van der Waals surface area contributed by atoms with Crippen LogP contribution in [0.4, 0.5) is 17.1 Å². The summed E-state index contributed by atoms with van der Waals surface area (Å²) in [6.07, 6.45) is 8.13. The number of benzene rings is 2. The van der Waals surface area contributed by atoms with Gasteiger partial charge in [-0.25, -0.2) is 0 Å². The second-order valence-electron chi connectivity index (χ2n) is 9.87. The first-order chi connectivity index (χ1) is 15.5. The van der Waals surface area contributed by atoms with Crippen molar-refractivity contribution < 1.29 is 14.3 Å². The number of nitrogens with one attached hydrogen (secondary N) is 3. The standard InChI is InChI=1S/C26H33N3O3/c1-31-21-10-20(11-22(12-21)32-2)28-25(30)16-27-23-5-3-4-6-24(23)29-26-13-17-7-18(14-26)9-19(8-17)15-26/h3-6,10-12,17-19,27,29H,7-9,13-16H2,1-2H3,(H,28,30). The molecule has 0 aromatic heterocycles. The zero-order valence-electron chi connectivity index (χ0n) is 18.9. The number of amides is 1. The lowest BCUT2D eigenvalue weighted by Crippen LogP contribution is -2.54. The molecule has 6 nitrogen and oxygen atoms in total. The van der Waals surface area contributed by atoms with E-state index >= 15 is 0 Å². The molecular weight excluding hydrogens is 402 g/mol. The van der Waals surface area contributed by atoms with Crippen LogP contribution >= 0.6 is 0 Å². The highest BCUT2D eigenvalue weighted by Crippen LogP contribution is 2.56. The molecule has 6 heteroatoms. The lowest BCUT2D eigenvalue weighted by molar-refractivity contribution is -0.114. The Bertz CT molecular complexity index is 932. The smallest absolute Gasteiger partial charge is 0.243 e. The van der Waals surface area contributed by atoms with Gasteiger partial charge >= 0.3 is 0 Å². The van der Waals surface area contributed by atoms with Gasteiger partial charge in [0.25, 0.3) is 0 Å². The van der Waals surface area contributed by atoms with Crippen molar-refractivity contribution in [3.05, 3.63) is 42.5 Å². The molecule has 4 aliphatic carbocycles. The molecule has 1 amide bonds. The average Bonchev–Trinajstić information content (AvgIpc) is 2.77. The van der Waals surface area contributed by atoms with Crippen molar-refractivity contribution in [1.82, 2.24) is 0 Å². The van der Waals surface area contributed by atoms with E-state index in [2.05, 4.69) is 28.1 Å². The third kappa shape index (κ3) is 4.36. The monoisotopic (exact) mass is 435 g/mol. The van der Waals surface area contributed by atoms with E-state index in [9.17, 15) is 4.79 Å². The number of rotatable bonds is 8. The minimum absolute atomic E-state index is 0.120.